The highest BCUT2D eigenvalue weighted by atomic mass is 16.5. The minimum atomic E-state index is -0.0161. The molecular weight excluding hydrogens is 292 g/mol. The number of hydrogen-bond donors (Lipinski definition) is 1. The van der Waals surface area contributed by atoms with Crippen molar-refractivity contribution in [2.75, 3.05) is 33.5 Å². The lowest BCUT2D eigenvalue weighted by molar-refractivity contribution is 0.00349. The fourth-order valence-corrected chi connectivity index (χ4v) is 3.26. The van der Waals surface area contributed by atoms with Crippen molar-refractivity contribution in [2.24, 2.45) is 5.92 Å². The van der Waals surface area contributed by atoms with Gasteiger partial charge in [0.1, 0.15) is 0 Å². The van der Waals surface area contributed by atoms with Gasteiger partial charge < -0.3 is 19.7 Å². The van der Waals surface area contributed by atoms with Crippen LogP contribution in [0.2, 0.25) is 0 Å². The molecular formula is C18H26N2O3. The first-order chi connectivity index (χ1) is 11.3. The lowest BCUT2D eigenvalue weighted by Crippen LogP contribution is -2.56. The lowest BCUT2D eigenvalue weighted by atomic mass is 10.1. The molecule has 1 saturated carbocycles. The number of nitrogens with one attached hydrogen (secondary N) is 1. The fourth-order valence-electron chi connectivity index (χ4n) is 3.26. The van der Waals surface area contributed by atoms with E-state index in [1.54, 1.807) is 7.11 Å². The second-order valence-corrected chi connectivity index (χ2v) is 6.46. The van der Waals surface area contributed by atoms with Crippen LogP contribution in [0.3, 0.4) is 0 Å². The standard InChI is InChI=1S/C18H26N2O3/c1-22-12-16(11-14-5-3-2-4-6-14)19-18(21)20-9-10-23-13-17(20)15-7-8-15/h2-6,15-17H,7-13H2,1H3,(H,19,21). The van der Waals surface area contributed by atoms with Crippen LogP contribution in [0.15, 0.2) is 30.3 Å². The van der Waals surface area contributed by atoms with Crippen LogP contribution in [0.1, 0.15) is 18.4 Å². The molecule has 1 N–H and O–H groups in total. The molecule has 1 saturated heterocycles. The van der Waals surface area contributed by atoms with Crippen molar-refractivity contribution in [1.29, 1.82) is 0 Å². The third-order valence-electron chi connectivity index (χ3n) is 4.61. The number of ether oxygens (including phenoxy) is 2. The fraction of sp³-hybridized carbons (Fsp3) is 0.611. The highest BCUT2D eigenvalue weighted by molar-refractivity contribution is 5.75. The highest BCUT2D eigenvalue weighted by Gasteiger charge is 2.39. The maximum Gasteiger partial charge on any atom is 0.318 e. The van der Waals surface area contributed by atoms with E-state index in [0.29, 0.717) is 32.3 Å². The van der Waals surface area contributed by atoms with Gasteiger partial charge in [-0.3, -0.25) is 0 Å². The number of nitrogens with zero attached hydrogens (tertiary/aromatic N) is 1. The smallest absolute Gasteiger partial charge is 0.318 e. The minimum Gasteiger partial charge on any atom is -0.383 e. The summed E-state index contributed by atoms with van der Waals surface area (Å²) in [6.45, 7) is 2.49. The van der Waals surface area contributed by atoms with Crippen molar-refractivity contribution >= 4 is 6.03 Å². The second kappa shape index (κ2) is 7.79. The normalized spacial score (nSPS) is 22.7. The Labute approximate surface area is 137 Å². The molecule has 2 atom stereocenters. The molecule has 3 rings (SSSR count). The Balaban J connectivity index is 1.60. The van der Waals surface area contributed by atoms with Crippen LogP contribution < -0.4 is 5.32 Å². The van der Waals surface area contributed by atoms with Gasteiger partial charge in [-0.05, 0) is 30.7 Å². The maximum absolute atomic E-state index is 12.7. The van der Waals surface area contributed by atoms with E-state index in [1.807, 2.05) is 23.1 Å². The van der Waals surface area contributed by atoms with Crippen molar-refractivity contribution in [3.8, 4) is 0 Å². The zero-order chi connectivity index (χ0) is 16.1. The summed E-state index contributed by atoms with van der Waals surface area (Å²) in [5.74, 6) is 0.621. The molecule has 1 aliphatic carbocycles. The van der Waals surface area contributed by atoms with Gasteiger partial charge in [0.05, 0.1) is 31.9 Å². The van der Waals surface area contributed by atoms with E-state index in [4.69, 9.17) is 9.47 Å². The van der Waals surface area contributed by atoms with Crippen LogP contribution in [0.25, 0.3) is 0 Å². The van der Waals surface area contributed by atoms with Crippen molar-refractivity contribution in [1.82, 2.24) is 10.2 Å². The lowest BCUT2D eigenvalue weighted by Gasteiger charge is -2.36. The zero-order valence-corrected chi connectivity index (χ0v) is 13.7. The van der Waals surface area contributed by atoms with Gasteiger partial charge in [-0.2, -0.15) is 0 Å². The molecule has 0 aromatic heterocycles. The summed E-state index contributed by atoms with van der Waals surface area (Å²) in [6.07, 6.45) is 3.20. The molecule has 126 valence electrons. The van der Waals surface area contributed by atoms with Crippen molar-refractivity contribution in [3.63, 3.8) is 0 Å². The first kappa shape index (κ1) is 16.3. The molecule has 0 bridgehead atoms. The van der Waals surface area contributed by atoms with Gasteiger partial charge in [-0.25, -0.2) is 4.79 Å². The van der Waals surface area contributed by atoms with Crippen LogP contribution in [0, 0.1) is 5.92 Å². The van der Waals surface area contributed by atoms with E-state index >= 15 is 0 Å². The molecule has 5 heteroatoms. The van der Waals surface area contributed by atoms with Crippen LogP contribution in [-0.4, -0.2) is 56.5 Å². The van der Waals surface area contributed by atoms with Gasteiger partial charge in [0.2, 0.25) is 0 Å². The van der Waals surface area contributed by atoms with Crippen LogP contribution in [-0.2, 0) is 15.9 Å². The molecule has 2 fully saturated rings. The third kappa shape index (κ3) is 4.45. The van der Waals surface area contributed by atoms with Gasteiger partial charge in [0, 0.05) is 13.7 Å². The molecule has 23 heavy (non-hydrogen) atoms. The summed E-state index contributed by atoms with van der Waals surface area (Å²) in [6, 6.07) is 10.4. The number of rotatable bonds is 6. The summed E-state index contributed by atoms with van der Waals surface area (Å²) in [7, 11) is 1.67. The van der Waals surface area contributed by atoms with Crippen LogP contribution in [0.4, 0.5) is 4.79 Å². The predicted molar refractivity (Wildman–Crippen MR) is 88.4 cm³/mol. The van der Waals surface area contributed by atoms with E-state index in [1.165, 1.54) is 18.4 Å². The average Bonchev–Trinajstić information content (AvgIpc) is 3.41. The molecule has 0 spiro atoms. The van der Waals surface area contributed by atoms with Crippen LogP contribution >= 0.6 is 0 Å². The summed E-state index contributed by atoms with van der Waals surface area (Å²) < 4.78 is 10.9. The van der Waals surface area contributed by atoms with Gasteiger partial charge in [-0.15, -0.1) is 0 Å². The summed E-state index contributed by atoms with van der Waals surface area (Å²) >= 11 is 0. The molecule has 2 amide bonds. The number of methoxy groups -OCH3 is 1. The largest absolute Gasteiger partial charge is 0.383 e. The Hall–Kier alpha value is -1.59. The molecule has 1 aromatic carbocycles. The van der Waals surface area contributed by atoms with Crippen molar-refractivity contribution in [2.45, 2.75) is 31.3 Å². The number of morpholine rings is 1. The molecule has 2 unspecified atom stereocenters. The van der Waals surface area contributed by atoms with Gasteiger partial charge in [-0.1, -0.05) is 30.3 Å². The SMILES string of the molecule is COCC(Cc1ccccc1)NC(=O)N1CCOCC1C1CC1. The van der Waals surface area contributed by atoms with E-state index in [9.17, 15) is 4.79 Å². The molecule has 2 aliphatic rings. The zero-order valence-electron chi connectivity index (χ0n) is 13.7. The number of hydrogen-bond acceptors (Lipinski definition) is 3. The number of amides is 2. The first-order valence-corrected chi connectivity index (χ1v) is 8.45. The molecule has 1 heterocycles. The Bertz CT molecular complexity index is 504. The Morgan fingerprint density at radius 1 is 1.39 bits per heavy atom. The summed E-state index contributed by atoms with van der Waals surface area (Å²) in [5.41, 5.74) is 1.20. The van der Waals surface area contributed by atoms with Gasteiger partial charge >= 0.3 is 6.03 Å². The quantitative estimate of drug-likeness (QED) is 0.873. The van der Waals surface area contributed by atoms with Crippen molar-refractivity contribution < 1.29 is 14.3 Å². The Morgan fingerprint density at radius 3 is 2.87 bits per heavy atom. The highest BCUT2D eigenvalue weighted by Crippen LogP contribution is 2.36. The summed E-state index contributed by atoms with van der Waals surface area (Å²) in [4.78, 5) is 14.7. The summed E-state index contributed by atoms with van der Waals surface area (Å²) in [5, 5.41) is 3.16. The third-order valence-corrected chi connectivity index (χ3v) is 4.61. The topological polar surface area (TPSA) is 50.8 Å². The van der Waals surface area contributed by atoms with Gasteiger partial charge in [0.15, 0.2) is 0 Å². The second-order valence-electron chi connectivity index (χ2n) is 6.46. The Kier molecular flexibility index (Phi) is 5.51. The monoisotopic (exact) mass is 318 g/mol. The number of benzene rings is 1. The molecule has 0 radical (unpaired) electrons. The average molecular weight is 318 g/mol. The molecule has 5 nitrogen and oxygen atoms in total. The molecule has 1 aromatic rings. The Morgan fingerprint density at radius 2 is 2.17 bits per heavy atom. The number of urea groups is 1. The van der Waals surface area contributed by atoms with Crippen molar-refractivity contribution in [3.05, 3.63) is 35.9 Å². The maximum atomic E-state index is 12.7. The van der Waals surface area contributed by atoms with E-state index in [0.717, 1.165) is 6.42 Å². The number of carbonyl (C=O) groups excluding carboxylic acids is 1. The van der Waals surface area contributed by atoms with E-state index in [2.05, 4.69) is 17.4 Å². The predicted octanol–water partition coefficient (Wildman–Crippen LogP) is 2.06. The van der Waals surface area contributed by atoms with E-state index in [-0.39, 0.29) is 18.1 Å². The number of carbonyl (C=O) groups is 1. The first-order valence-electron chi connectivity index (χ1n) is 8.45. The minimum absolute atomic E-state index is 0.0161. The molecule has 1 aliphatic heterocycles. The van der Waals surface area contributed by atoms with E-state index < -0.39 is 0 Å². The van der Waals surface area contributed by atoms with Crippen LogP contribution in [0.5, 0.6) is 0 Å². The van der Waals surface area contributed by atoms with Gasteiger partial charge in [0.25, 0.3) is 0 Å².